The molecule has 2 aromatic heterocycles. The maximum atomic E-state index is 13.6. The van der Waals surface area contributed by atoms with Crippen molar-refractivity contribution in [3.8, 4) is 0 Å². The van der Waals surface area contributed by atoms with Gasteiger partial charge in [0.1, 0.15) is 5.82 Å². The standard InChI is InChI=1S/C14H13FN6O/c1-8(13-18-20-21-19-13)7-17-14(22)11-6-10(15)5-9-3-2-4-16-12(9)11/h2-6,8H,7H2,1H3,(H,17,22)(H,18,19,20,21)/t8-/m1/s1. The maximum absolute atomic E-state index is 13.6. The minimum atomic E-state index is -0.475. The normalized spacial score (nSPS) is 12.3. The number of hydrogen-bond acceptors (Lipinski definition) is 5. The summed E-state index contributed by atoms with van der Waals surface area (Å²) in [5.41, 5.74) is 0.671. The van der Waals surface area contributed by atoms with Crippen molar-refractivity contribution in [3.63, 3.8) is 0 Å². The number of benzene rings is 1. The van der Waals surface area contributed by atoms with E-state index < -0.39 is 11.7 Å². The highest BCUT2D eigenvalue weighted by molar-refractivity contribution is 6.05. The van der Waals surface area contributed by atoms with Gasteiger partial charge in [0.05, 0.1) is 11.1 Å². The van der Waals surface area contributed by atoms with Gasteiger partial charge >= 0.3 is 0 Å². The SMILES string of the molecule is C[C@H](CNC(=O)c1cc(F)cc2cccnc12)c1nn[nH]n1. The molecule has 0 saturated heterocycles. The van der Waals surface area contributed by atoms with Crippen molar-refractivity contribution < 1.29 is 9.18 Å². The number of amides is 1. The molecule has 0 radical (unpaired) electrons. The molecule has 112 valence electrons. The minimum Gasteiger partial charge on any atom is -0.351 e. The molecule has 0 unspecified atom stereocenters. The molecule has 2 N–H and O–H groups in total. The number of aromatic nitrogens is 5. The van der Waals surface area contributed by atoms with Crippen LogP contribution in [0.2, 0.25) is 0 Å². The molecule has 0 aliphatic rings. The molecule has 22 heavy (non-hydrogen) atoms. The van der Waals surface area contributed by atoms with E-state index in [-0.39, 0.29) is 11.5 Å². The predicted molar refractivity (Wildman–Crippen MR) is 76.6 cm³/mol. The average Bonchev–Trinajstić information content (AvgIpc) is 3.06. The Morgan fingerprint density at radius 3 is 3.09 bits per heavy atom. The van der Waals surface area contributed by atoms with Crippen LogP contribution >= 0.6 is 0 Å². The molecule has 0 fully saturated rings. The number of pyridine rings is 1. The number of nitrogens with zero attached hydrogens (tertiary/aromatic N) is 4. The lowest BCUT2D eigenvalue weighted by atomic mass is 10.1. The van der Waals surface area contributed by atoms with Gasteiger partial charge in [0.25, 0.3) is 5.91 Å². The van der Waals surface area contributed by atoms with Gasteiger partial charge in [0.15, 0.2) is 5.82 Å². The van der Waals surface area contributed by atoms with Crippen LogP contribution in [0, 0.1) is 5.82 Å². The van der Waals surface area contributed by atoms with Crippen LogP contribution in [0.4, 0.5) is 4.39 Å². The monoisotopic (exact) mass is 300 g/mol. The summed E-state index contributed by atoms with van der Waals surface area (Å²) >= 11 is 0. The number of H-pyrrole nitrogens is 1. The van der Waals surface area contributed by atoms with Crippen molar-refractivity contribution in [1.29, 1.82) is 0 Å². The molecule has 1 amide bonds. The van der Waals surface area contributed by atoms with Crippen molar-refractivity contribution in [3.05, 3.63) is 47.7 Å². The van der Waals surface area contributed by atoms with Gasteiger partial charge in [-0.3, -0.25) is 9.78 Å². The van der Waals surface area contributed by atoms with E-state index in [1.165, 1.54) is 12.1 Å². The van der Waals surface area contributed by atoms with E-state index in [1.54, 1.807) is 18.3 Å². The van der Waals surface area contributed by atoms with Crippen LogP contribution in [0.5, 0.6) is 0 Å². The van der Waals surface area contributed by atoms with Crippen LogP contribution in [0.15, 0.2) is 30.5 Å². The third-order valence-corrected chi connectivity index (χ3v) is 3.29. The Balaban J connectivity index is 1.80. The van der Waals surface area contributed by atoms with Crippen LogP contribution in [0.1, 0.15) is 29.0 Å². The van der Waals surface area contributed by atoms with E-state index in [4.69, 9.17) is 0 Å². The molecule has 0 saturated carbocycles. The van der Waals surface area contributed by atoms with Gasteiger partial charge in [-0.15, -0.1) is 10.2 Å². The molecule has 0 aliphatic carbocycles. The van der Waals surface area contributed by atoms with Gasteiger partial charge in [-0.05, 0) is 18.2 Å². The summed E-state index contributed by atoms with van der Waals surface area (Å²) in [6.07, 6.45) is 1.57. The highest BCUT2D eigenvalue weighted by atomic mass is 19.1. The molecule has 8 heteroatoms. The number of aromatic amines is 1. The Kier molecular flexibility index (Phi) is 3.73. The van der Waals surface area contributed by atoms with Gasteiger partial charge in [-0.25, -0.2) is 4.39 Å². The Bertz CT molecular complexity index is 804. The number of carbonyl (C=O) groups excluding carboxylic acids is 1. The Labute approximate surface area is 124 Å². The van der Waals surface area contributed by atoms with E-state index in [0.717, 1.165) is 0 Å². The molecule has 1 aromatic carbocycles. The lowest BCUT2D eigenvalue weighted by molar-refractivity contribution is 0.0952. The maximum Gasteiger partial charge on any atom is 0.253 e. The van der Waals surface area contributed by atoms with Crippen LogP contribution in [-0.2, 0) is 0 Å². The molecular formula is C14H13FN6O. The van der Waals surface area contributed by atoms with Gasteiger partial charge in [-0.2, -0.15) is 5.21 Å². The fraction of sp³-hybridized carbons (Fsp3) is 0.214. The molecule has 3 aromatic rings. The summed E-state index contributed by atoms with van der Waals surface area (Å²) in [7, 11) is 0. The molecular weight excluding hydrogens is 287 g/mol. The number of fused-ring (bicyclic) bond motifs is 1. The van der Waals surface area contributed by atoms with Crippen molar-refractivity contribution in [1.82, 2.24) is 30.9 Å². The van der Waals surface area contributed by atoms with Crippen molar-refractivity contribution >= 4 is 16.8 Å². The molecule has 0 bridgehead atoms. The Morgan fingerprint density at radius 2 is 2.32 bits per heavy atom. The topological polar surface area (TPSA) is 96.5 Å². The van der Waals surface area contributed by atoms with Gasteiger partial charge in [0, 0.05) is 24.0 Å². The lowest BCUT2D eigenvalue weighted by Crippen LogP contribution is -2.28. The fourth-order valence-corrected chi connectivity index (χ4v) is 2.14. The quantitative estimate of drug-likeness (QED) is 0.759. The second kappa shape index (κ2) is 5.84. The number of rotatable bonds is 4. The summed E-state index contributed by atoms with van der Waals surface area (Å²) in [6.45, 7) is 2.16. The second-order valence-electron chi connectivity index (χ2n) is 4.91. The first-order valence-electron chi connectivity index (χ1n) is 6.71. The van der Waals surface area contributed by atoms with E-state index in [9.17, 15) is 9.18 Å². The number of nitrogens with one attached hydrogen (secondary N) is 2. The van der Waals surface area contributed by atoms with Crippen LogP contribution < -0.4 is 5.32 Å². The second-order valence-corrected chi connectivity index (χ2v) is 4.91. The first-order valence-corrected chi connectivity index (χ1v) is 6.71. The van der Waals surface area contributed by atoms with Gasteiger partial charge in [0.2, 0.25) is 0 Å². The van der Waals surface area contributed by atoms with Crippen LogP contribution in [-0.4, -0.2) is 38.1 Å². The first-order chi connectivity index (χ1) is 10.6. The van der Waals surface area contributed by atoms with Gasteiger partial charge in [-0.1, -0.05) is 18.2 Å². The number of hydrogen-bond donors (Lipinski definition) is 2. The third kappa shape index (κ3) is 2.76. The summed E-state index contributed by atoms with van der Waals surface area (Å²) in [5.74, 6) is -0.478. The summed E-state index contributed by atoms with van der Waals surface area (Å²) < 4.78 is 13.6. The Hall–Kier alpha value is -2.90. The number of carbonyl (C=O) groups is 1. The third-order valence-electron chi connectivity index (χ3n) is 3.29. The molecule has 0 spiro atoms. The summed E-state index contributed by atoms with van der Waals surface area (Å²) in [6, 6.07) is 5.94. The average molecular weight is 300 g/mol. The number of tetrazole rings is 1. The zero-order valence-corrected chi connectivity index (χ0v) is 11.7. The fourth-order valence-electron chi connectivity index (χ4n) is 2.14. The summed E-state index contributed by atoms with van der Waals surface area (Å²) in [4.78, 5) is 16.5. The largest absolute Gasteiger partial charge is 0.351 e. The summed E-state index contributed by atoms with van der Waals surface area (Å²) in [5, 5.41) is 16.9. The van der Waals surface area contributed by atoms with Crippen molar-refractivity contribution in [2.24, 2.45) is 0 Å². The molecule has 7 nitrogen and oxygen atoms in total. The zero-order valence-electron chi connectivity index (χ0n) is 11.7. The van der Waals surface area contributed by atoms with Crippen molar-refractivity contribution in [2.75, 3.05) is 6.54 Å². The van der Waals surface area contributed by atoms with Crippen LogP contribution in [0.25, 0.3) is 10.9 Å². The van der Waals surface area contributed by atoms with Gasteiger partial charge < -0.3 is 5.32 Å². The highest BCUT2D eigenvalue weighted by Crippen LogP contribution is 2.18. The molecule has 0 aliphatic heterocycles. The smallest absolute Gasteiger partial charge is 0.253 e. The molecule has 2 heterocycles. The lowest BCUT2D eigenvalue weighted by Gasteiger charge is -2.10. The first kappa shape index (κ1) is 14.1. The molecule has 1 atom stereocenters. The zero-order chi connectivity index (χ0) is 15.5. The van der Waals surface area contributed by atoms with E-state index in [1.807, 2.05) is 6.92 Å². The van der Waals surface area contributed by atoms with Crippen molar-refractivity contribution in [2.45, 2.75) is 12.8 Å². The van der Waals surface area contributed by atoms with Crippen LogP contribution in [0.3, 0.4) is 0 Å². The minimum absolute atomic E-state index is 0.115. The predicted octanol–water partition coefficient (Wildman–Crippen LogP) is 1.42. The highest BCUT2D eigenvalue weighted by Gasteiger charge is 2.16. The Morgan fingerprint density at radius 1 is 1.45 bits per heavy atom. The van der Waals surface area contributed by atoms with E-state index in [2.05, 4.69) is 30.9 Å². The number of halogens is 1. The van der Waals surface area contributed by atoms with E-state index in [0.29, 0.717) is 23.3 Å². The van der Waals surface area contributed by atoms with E-state index >= 15 is 0 Å². The molecule has 3 rings (SSSR count).